The second-order valence-corrected chi connectivity index (χ2v) is 9.89. The summed E-state index contributed by atoms with van der Waals surface area (Å²) in [5.74, 6) is -0.521. The van der Waals surface area contributed by atoms with Crippen molar-refractivity contribution in [2.45, 2.75) is 17.4 Å². The molecule has 11 heteroatoms. The lowest BCUT2D eigenvalue weighted by Gasteiger charge is -2.18. The highest BCUT2D eigenvalue weighted by atomic mass is 79.9. The van der Waals surface area contributed by atoms with E-state index in [2.05, 4.69) is 31.5 Å². The van der Waals surface area contributed by atoms with E-state index in [1.165, 1.54) is 35.2 Å². The molecule has 0 saturated carbocycles. The minimum absolute atomic E-state index is 0.0512. The van der Waals surface area contributed by atoms with Crippen LogP contribution in [0.25, 0.3) is 0 Å². The molecule has 3 N–H and O–H groups in total. The van der Waals surface area contributed by atoms with Crippen LogP contribution in [0.15, 0.2) is 51.1 Å². The van der Waals surface area contributed by atoms with Gasteiger partial charge in [-0.1, -0.05) is 22.0 Å². The normalized spacial score (nSPS) is 12.4. The Morgan fingerprint density at radius 2 is 1.89 bits per heavy atom. The summed E-state index contributed by atoms with van der Waals surface area (Å²) in [6.07, 6.45) is 2.13. The maximum atomic E-state index is 12.5. The highest BCUT2D eigenvalue weighted by Gasteiger charge is 2.26. The summed E-state index contributed by atoms with van der Waals surface area (Å²) in [5, 5.41) is 1.74. The van der Waals surface area contributed by atoms with Crippen molar-refractivity contribution in [3.8, 4) is 0 Å². The van der Waals surface area contributed by atoms with Gasteiger partial charge >= 0.3 is 0 Å². The molecule has 0 radical (unpaired) electrons. The third-order valence-corrected chi connectivity index (χ3v) is 6.92. The summed E-state index contributed by atoms with van der Waals surface area (Å²) < 4.78 is 28.2. The maximum Gasteiger partial charge on any atom is 0.279 e. The number of nitrogens with one attached hydrogen (secondary N) is 3. The van der Waals surface area contributed by atoms with Crippen molar-refractivity contribution >= 4 is 60.9 Å². The number of halogens is 1. The molecule has 0 bridgehead atoms. The topological polar surface area (TPSA) is 104 Å². The summed E-state index contributed by atoms with van der Waals surface area (Å²) in [6, 6.07) is 8.40. The standard InChI is InChI=1S/C16H18BrN3O4S3/c1-25-10-8-13(15(21)18-19-16(22)14-3-2-9-26-14)20-27(23,24)12-6-4-11(17)5-7-12/h2-7,9,13,20H,8,10H2,1H3,(H,18,21)(H,19,22)/t13-/m0/s1. The van der Waals surface area contributed by atoms with Crippen LogP contribution in [0.1, 0.15) is 16.1 Å². The molecule has 0 aliphatic rings. The molecule has 1 aromatic heterocycles. The van der Waals surface area contributed by atoms with Crippen molar-refractivity contribution in [2.75, 3.05) is 12.0 Å². The largest absolute Gasteiger partial charge is 0.279 e. The SMILES string of the molecule is CSCC[C@H](NS(=O)(=O)c1ccc(Br)cc1)C(=O)NNC(=O)c1cccs1. The van der Waals surface area contributed by atoms with Crippen LogP contribution >= 0.6 is 39.0 Å². The second kappa shape index (κ2) is 10.2. The van der Waals surface area contributed by atoms with E-state index in [1.54, 1.807) is 29.6 Å². The Labute approximate surface area is 174 Å². The van der Waals surface area contributed by atoms with Gasteiger partial charge < -0.3 is 0 Å². The molecule has 2 rings (SSSR count). The Bertz CT molecular complexity index is 871. The molecule has 0 fully saturated rings. The van der Waals surface area contributed by atoms with E-state index in [-0.39, 0.29) is 11.3 Å². The lowest BCUT2D eigenvalue weighted by molar-refractivity contribution is -0.123. The fraction of sp³-hybridized carbons (Fsp3) is 0.250. The van der Waals surface area contributed by atoms with Crippen LogP contribution in [-0.2, 0) is 14.8 Å². The molecule has 0 unspecified atom stereocenters. The summed E-state index contributed by atoms with van der Waals surface area (Å²) in [5.41, 5.74) is 4.59. The predicted octanol–water partition coefficient (Wildman–Crippen LogP) is 2.37. The van der Waals surface area contributed by atoms with Crippen molar-refractivity contribution in [3.05, 3.63) is 51.1 Å². The minimum Gasteiger partial charge on any atom is -0.271 e. The first-order valence-corrected chi connectivity index (χ1v) is 12.3. The number of thiophene rings is 1. The smallest absolute Gasteiger partial charge is 0.271 e. The van der Waals surface area contributed by atoms with Crippen molar-refractivity contribution in [2.24, 2.45) is 0 Å². The molecule has 7 nitrogen and oxygen atoms in total. The Kier molecular flexibility index (Phi) is 8.29. The van der Waals surface area contributed by atoms with E-state index in [9.17, 15) is 18.0 Å². The van der Waals surface area contributed by atoms with E-state index in [0.29, 0.717) is 10.6 Å². The number of hydrogen-bond donors (Lipinski definition) is 3. The zero-order valence-corrected chi connectivity index (χ0v) is 18.3. The Morgan fingerprint density at radius 1 is 1.19 bits per heavy atom. The van der Waals surface area contributed by atoms with Crippen LogP contribution in [0, 0.1) is 0 Å². The molecule has 0 spiro atoms. The molecule has 1 heterocycles. The Morgan fingerprint density at radius 3 is 2.48 bits per heavy atom. The van der Waals surface area contributed by atoms with Gasteiger partial charge in [0.25, 0.3) is 11.8 Å². The van der Waals surface area contributed by atoms with E-state index >= 15 is 0 Å². The number of thioether (sulfide) groups is 1. The molecule has 1 aromatic carbocycles. The number of hydrazine groups is 1. The highest BCUT2D eigenvalue weighted by molar-refractivity contribution is 9.10. The first kappa shape index (κ1) is 21.9. The lowest BCUT2D eigenvalue weighted by atomic mass is 10.2. The number of rotatable bonds is 8. The molecule has 2 amide bonds. The molecule has 1 atom stereocenters. The summed E-state index contributed by atoms with van der Waals surface area (Å²) in [4.78, 5) is 24.8. The van der Waals surface area contributed by atoms with Crippen LogP contribution in [0.3, 0.4) is 0 Å². The van der Waals surface area contributed by atoms with Crippen LogP contribution in [0.2, 0.25) is 0 Å². The van der Waals surface area contributed by atoms with Gasteiger partial charge in [-0.05, 0) is 54.1 Å². The zero-order valence-electron chi connectivity index (χ0n) is 14.3. The van der Waals surface area contributed by atoms with E-state index in [1.807, 2.05) is 6.26 Å². The average molecular weight is 492 g/mol. The average Bonchev–Trinajstić information content (AvgIpc) is 3.18. The molecule has 0 aliphatic carbocycles. The molecule has 146 valence electrons. The monoisotopic (exact) mass is 491 g/mol. The van der Waals surface area contributed by atoms with Crippen LogP contribution in [0.4, 0.5) is 0 Å². The van der Waals surface area contributed by atoms with Crippen molar-refractivity contribution in [1.82, 2.24) is 15.6 Å². The van der Waals surface area contributed by atoms with Gasteiger partial charge in [-0.2, -0.15) is 16.5 Å². The van der Waals surface area contributed by atoms with Crippen LogP contribution in [-0.4, -0.2) is 38.3 Å². The summed E-state index contributed by atoms with van der Waals surface area (Å²) in [6.45, 7) is 0. The van der Waals surface area contributed by atoms with Crippen molar-refractivity contribution in [1.29, 1.82) is 0 Å². The Balaban J connectivity index is 2.05. The van der Waals surface area contributed by atoms with E-state index in [4.69, 9.17) is 0 Å². The number of benzene rings is 1. The first-order valence-electron chi connectivity index (χ1n) is 7.74. The number of sulfonamides is 1. The second-order valence-electron chi connectivity index (χ2n) is 5.33. The predicted molar refractivity (Wildman–Crippen MR) is 111 cm³/mol. The minimum atomic E-state index is -3.89. The van der Waals surface area contributed by atoms with Gasteiger partial charge in [-0.25, -0.2) is 8.42 Å². The van der Waals surface area contributed by atoms with Gasteiger partial charge in [0.2, 0.25) is 10.0 Å². The highest BCUT2D eigenvalue weighted by Crippen LogP contribution is 2.15. The first-order chi connectivity index (χ1) is 12.8. The van der Waals surface area contributed by atoms with E-state index in [0.717, 1.165) is 4.47 Å². The van der Waals surface area contributed by atoms with Gasteiger partial charge in [-0.15, -0.1) is 11.3 Å². The quantitative estimate of drug-likeness (QED) is 0.491. The van der Waals surface area contributed by atoms with Crippen molar-refractivity contribution < 1.29 is 18.0 Å². The molecular formula is C16H18BrN3O4S3. The number of amides is 2. The molecular weight excluding hydrogens is 474 g/mol. The molecule has 2 aromatic rings. The Hall–Kier alpha value is -1.40. The van der Waals surface area contributed by atoms with Crippen molar-refractivity contribution in [3.63, 3.8) is 0 Å². The van der Waals surface area contributed by atoms with Gasteiger partial charge in [-0.3, -0.25) is 20.4 Å². The zero-order chi connectivity index (χ0) is 19.9. The third kappa shape index (κ3) is 6.61. The van der Waals surface area contributed by atoms with Gasteiger partial charge in [0, 0.05) is 4.47 Å². The summed E-state index contributed by atoms with van der Waals surface area (Å²) >= 11 is 5.97. The molecule has 0 aliphatic heterocycles. The van der Waals surface area contributed by atoms with Gasteiger partial charge in [0.15, 0.2) is 0 Å². The summed E-state index contributed by atoms with van der Waals surface area (Å²) in [7, 11) is -3.89. The molecule has 27 heavy (non-hydrogen) atoms. The fourth-order valence-corrected chi connectivity index (χ4v) is 4.61. The van der Waals surface area contributed by atoms with Crippen LogP contribution < -0.4 is 15.6 Å². The maximum absolute atomic E-state index is 12.5. The van der Waals surface area contributed by atoms with Gasteiger partial charge in [0.1, 0.15) is 6.04 Å². The number of hydrogen-bond acceptors (Lipinski definition) is 6. The van der Waals surface area contributed by atoms with Gasteiger partial charge in [0.05, 0.1) is 9.77 Å². The third-order valence-electron chi connectivity index (χ3n) is 3.39. The number of carbonyl (C=O) groups is 2. The fourth-order valence-electron chi connectivity index (χ4n) is 2.02. The lowest BCUT2D eigenvalue weighted by Crippen LogP contribution is -2.52. The molecule has 0 saturated heterocycles. The van der Waals surface area contributed by atoms with Crippen LogP contribution in [0.5, 0.6) is 0 Å². The van der Waals surface area contributed by atoms with E-state index < -0.39 is 27.9 Å². The number of carbonyl (C=O) groups excluding carboxylic acids is 2.